The van der Waals surface area contributed by atoms with Crippen molar-refractivity contribution in [2.75, 3.05) is 24.2 Å². The Bertz CT molecular complexity index is 1350. The van der Waals surface area contributed by atoms with Gasteiger partial charge in [0.15, 0.2) is 0 Å². The van der Waals surface area contributed by atoms with Gasteiger partial charge in [-0.3, -0.25) is 13.9 Å². The van der Waals surface area contributed by atoms with Gasteiger partial charge in [-0.15, -0.1) is 0 Å². The molecule has 3 aromatic rings. The zero-order chi connectivity index (χ0) is 27.2. The third-order valence-corrected chi connectivity index (χ3v) is 7.60. The van der Waals surface area contributed by atoms with E-state index in [1.54, 1.807) is 42.5 Å². The standard InChI is InChI=1S/C27H29Cl2N3O4S/c1-19-9-13-23(14-10-19)32(37(3,35)36)18-26(33)31(17-21-11-12-22(28)16-24(21)29)25(27(34)30-2)15-20-7-5-4-6-8-20/h4-14,16,25H,15,17-18H2,1-3H3,(H,30,34)/t25-/m0/s1. The first-order valence-electron chi connectivity index (χ1n) is 11.5. The van der Waals surface area contributed by atoms with Gasteiger partial charge in [0.1, 0.15) is 12.6 Å². The molecule has 3 aromatic carbocycles. The molecule has 0 aromatic heterocycles. The average molecular weight is 563 g/mol. The first-order chi connectivity index (χ1) is 17.5. The Balaban J connectivity index is 2.04. The van der Waals surface area contributed by atoms with Gasteiger partial charge in [0.05, 0.1) is 11.9 Å². The molecule has 2 amide bonds. The SMILES string of the molecule is CNC(=O)[C@H](Cc1ccccc1)N(Cc1ccc(Cl)cc1Cl)C(=O)CN(c1ccc(C)cc1)S(C)(=O)=O. The Kier molecular flexibility index (Phi) is 9.59. The predicted octanol–water partition coefficient (Wildman–Crippen LogP) is 4.45. The van der Waals surface area contributed by atoms with E-state index in [0.717, 1.165) is 21.7 Å². The van der Waals surface area contributed by atoms with Crippen molar-refractivity contribution in [1.29, 1.82) is 0 Å². The van der Waals surface area contributed by atoms with Crippen LogP contribution in [0, 0.1) is 6.92 Å². The van der Waals surface area contributed by atoms with Crippen molar-refractivity contribution in [2.24, 2.45) is 0 Å². The van der Waals surface area contributed by atoms with Crippen molar-refractivity contribution in [3.05, 3.63) is 99.5 Å². The molecule has 1 atom stereocenters. The fraction of sp³-hybridized carbons (Fsp3) is 0.259. The average Bonchev–Trinajstić information content (AvgIpc) is 2.86. The number of carbonyl (C=O) groups is 2. The molecule has 0 aliphatic rings. The van der Waals surface area contributed by atoms with Crippen LogP contribution in [-0.4, -0.2) is 51.0 Å². The fourth-order valence-corrected chi connectivity index (χ4v) is 5.20. The van der Waals surface area contributed by atoms with E-state index in [1.165, 1.54) is 11.9 Å². The lowest BCUT2D eigenvalue weighted by Gasteiger charge is -2.33. The number of halogens is 2. The molecule has 0 radical (unpaired) electrons. The van der Waals surface area contributed by atoms with E-state index < -0.39 is 28.5 Å². The van der Waals surface area contributed by atoms with Crippen molar-refractivity contribution >= 4 is 50.7 Å². The van der Waals surface area contributed by atoms with E-state index in [9.17, 15) is 18.0 Å². The Morgan fingerprint density at radius 1 is 0.973 bits per heavy atom. The Morgan fingerprint density at radius 3 is 2.19 bits per heavy atom. The molecule has 7 nitrogen and oxygen atoms in total. The first-order valence-corrected chi connectivity index (χ1v) is 14.1. The Morgan fingerprint density at radius 2 is 1.62 bits per heavy atom. The van der Waals surface area contributed by atoms with Crippen LogP contribution in [0.5, 0.6) is 0 Å². The van der Waals surface area contributed by atoms with E-state index in [2.05, 4.69) is 5.32 Å². The number of nitrogens with one attached hydrogen (secondary N) is 1. The van der Waals surface area contributed by atoms with Gasteiger partial charge in [-0.05, 0) is 42.3 Å². The van der Waals surface area contributed by atoms with Gasteiger partial charge in [-0.25, -0.2) is 8.42 Å². The van der Waals surface area contributed by atoms with Gasteiger partial charge in [0.2, 0.25) is 21.8 Å². The van der Waals surface area contributed by atoms with Crippen LogP contribution in [0.1, 0.15) is 16.7 Å². The fourth-order valence-electron chi connectivity index (χ4n) is 3.88. The van der Waals surface area contributed by atoms with E-state index in [0.29, 0.717) is 21.3 Å². The highest BCUT2D eigenvalue weighted by atomic mass is 35.5. The zero-order valence-electron chi connectivity index (χ0n) is 20.8. The summed E-state index contributed by atoms with van der Waals surface area (Å²) < 4.78 is 26.5. The molecule has 0 fully saturated rings. The Hall–Kier alpha value is -3.07. The van der Waals surface area contributed by atoms with Crippen LogP contribution in [0.25, 0.3) is 0 Å². The van der Waals surface area contributed by atoms with E-state index >= 15 is 0 Å². The molecule has 0 unspecified atom stereocenters. The molecule has 1 N–H and O–H groups in total. The van der Waals surface area contributed by atoms with Crippen LogP contribution in [-0.2, 0) is 32.6 Å². The van der Waals surface area contributed by atoms with Crippen LogP contribution < -0.4 is 9.62 Å². The number of nitrogens with zero attached hydrogens (tertiary/aromatic N) is 2. The number of sulfonamides is 1. The highest BCUT2D eigenvalue weighted by molar-refractivity contribution is 7.92. The summed E-state index contributed by atoms with van der Waals surface area (Å²) in [5.74, 6) is -0.940. The summed E-state index contributed by atoms with van der Waals surface area (Å²) in [5.41, 5.74) is 2.72. The second-order valence-electron chi connectivity index (χ2n) is 8.68. The number of likely N-dealkylation sites (N-methyl/N-ethyl adjacent to an activating group) is 1. The van der Waals surface area contributed by atoms with Gasteiger partial charge in [0.25, 0.3) is 0 Å². The molecule has 10 heteroatoms. The maximum absolute atomic E-state index is 13.8. The molecule has 0 aliphatic carbocycles. The first kappa shape index (κ1) is 28.5. The van der Waals surface area contributed by atoms with Gasteiger partial charge in [0, 0.05) is 30.1 Å². The lowest BCUT2D eigenvalue weighted by atomic mass is 10.0. The summed E-state index contributed by atoms with van der Waals surface area (Å²) in [6.07, 6.45) is 1.27. The summed E-state index contributed by atoms with van der Waals surface area (Å²) in [7, 11) is -2.32. The number of benzene rings is 3. The van der Waals surface area contributed by atoms with Gasteiger partial charge in [-0.1, -0.05) is 77.3 Å². The van der Waals surface area contributed by atoms with E-state index in [4.69, 9.17) is 23.2 Å². The number of anilines is 1. The minimum atomic E-state index is -3.81. The van der Waals surface area contributed by atoms with Crippen LogP contribution in [0.3, 0.4) is 0 Å². The highest BCUT2D eigenvalue weighted by Gasteiger charge is 2.33. The van der Waals surface area contributed by atoms with Crippen molar-refractivity contribution in [3.8, 4) is 0 Å². The summed E-state index contributed by atoms with van der Waals surface area (Å²) >= 11 is 12.5. The summed E-state index contributed by atoms with van der Waals surface area (Å²) in [6.45, 7) is 1.37. The minimum Gasteiger partial charge on any atom is -0.357 e. The molecule has 37 heavy (non-hydrogen) atoms. The zero-order valence-corrected chi connectivity index (χ0v) is 23.1. The van der Waals surface area contributed by atoms with Crippen molar-refractivity contribution in [1.82, 2.24) is 10.2 Å². The molecule has 0 spiro atoms. The maximum atomic E-state index is 13.8. The number of hydrogen-bond donors (Lipinski definition) is 1. The number of rotatable bonds is 10. The highest BCUT2D eigenvalue weighted by Crippen LogP contribution is 2.25. The normalized spacial score (nSPS) is 12.0. The molecule has 0 aliphatic heterocycles. The van der Waals surface area contributed by atoms with Gasteiger partial charge >= 0.3 is 0 Å². The Labute approximate surface area is 228 Å². The largest absolute Gasteiger partial charge is 0.357 e. The van der Waals surface area contributed by atoms with Crippen LogP contribution in [0.15, 0.2) is 72.8 Å². The number of carbonyl (C=O) groups excluding carboxylic acids is 2. The number of hydrogen-bond acceptors (Lipinski definition) is 4. The molecular weight excluding hydrogens is 533 g/mol. The maximum Gasteiger partial charge on any atom is 0.244 e. The monoisotopic (exact) mass is 561 g/mol. The van der Waals surface area contributed by atoms with Gasteiger partial charge in [-0.2, -0.15) is 0 Å². The lowest BCUT2D eigenvalue weighted by molar-refractivity contribution is -0.139. The molecular formula is C27H29Cl2N3O4S. The third-order valence-electron chi connectivity index (χ3n) is 5.87. The summed E-state index contributed by atoms with van der Waals surface area (Å²) in [4.78, 5) is 28.3. The second-order valence-corrected chi connectivity index (χ2v) is 11.4. The van der Waals surface area contributed by atoms with Crippen LogP contribution >= 0.6 is 23.2 Å². The van der Waals surface area contributed by atoms with Crippen molar-refractivity contribution in [2.45, 2.75) is 25.9 Å². The van der Waals surface area contributed by atoms with Crippen LogP contribution in [0.2, 0.25) is 10.0 Å². The second kappa shape index (κ2) is 12.4. The number of aryl methyl sites for hydroxylation is 1. The molecule has 0 bridgehead atoms. The summed E-state index contributed by atoms with van der Waals surface area (Å²) in [6, 6.07) is 20.1. The molecule has 196 valence electrons. The van der Waals surface area contributed by atoms with Crippen LogP contribution in [0.4, 0.5) is 5.69 Å². The molecule has 0 saturated heterocycles. The third kappa shape index (κ3) is 7.71. The topological polar surface area (TPSA) is 86.8 Å². The molecule has 0 heterocycles. The summed E-state index contributed by atoms with van der Waals surface area (Å²) in [5, 5.41) is 3.40. The number of amides is 2. The molecule has 0 saturated carbocycles. The van der Waals surface area contributed by atoms with Crippen molar-refractivity contribution in [3.63, 3.8) is 0 Å². The predicted molar refractivity (Wildman–Crippen MR) is 148 cm³/mol. The van der Waals surface area contributed by atoms with Gasteiger partial charge < -0.3 is 10.2 Å². The smallest absolute Gasteiger partial charge is 0.244 e. The molecule has 3 rings (SSSR count). The quantitative estimate of drug-likeness (QED) is 0.396. The van der Waals surface area contributed by atoms with E-state index in [1.807, 2.05) is 37.3 Å². The minimum absolute atomic E-state index is 0.0226. The lowest BCUT2D eigenvalue weighted by Crippen LogP contribution is -2.52. The van der Waals surface area contributed by atoms with E-state index in [-0.39, 0.29) is 18.9 Å². The van der Waals surface area contributed by atoms with Crippen molar-refractivity contribution < 1.29 is 18.0 Å².